The average molecular weight is 332 g/mol. The maximum absolute atomic E-state index is 12.6. The van der Waals surface area contributed by atoms with E-state index in [1.807, 2.05) is 24.4 Å². The van der Waals surface area contributed by atoms with Gasteiger partial charge in [-0.05, 0) is 19.1 Å². The molecule has 1 N–H and O–H groups in total. The van der Waals surface area contributed by atoms with Gasteiger partial charge in [0, 0.05) is 28.7 Å². The molecule has 0 radical (unpaired) electrons. The second-order valence-corrected chi connectivity index (χ2v) is 6.18. The standard InChI is InChI=1S/C16H16N2O4S/c1-10-9-23-14(17-10)11-3-2-4-12(7-11)15(19)18-5-6-22-13(8-18)16(20)21/h2-4,7,9,13H,5-6,8H2,1H3,(H,20,21)/t13-/m0/s1. The SMILES string of the molecule is Cc1csc(-c2cccc(C(=O)N3CCO[C@H](C(=O)O)C3)c2)n1. The Morgan fingerprint density at radius 3 is 2.96 bits per heavy atom. The Labute approximate surface area is 137 Å². The Hall–Kier alpha value is -2.25. The van der Waals surface area contributed by atoms with Crippen LogP contribution in [0.2, 0.25) is 0 Å². The normalized spacial score (nSPS) is 18.0. The second kappa shape index (κ2) is 6.47. The number of hydrogen-bond acceptors (Lipinski definition) is 5. The highest BCUT2D eigenvalue weighted by atomic mass is 32.1. The number of morpholine rings is 1. The Morgan fingerprint density at radius 1 is 1.43 bits per heavy atom. The highest BCUT2D eigenvalue weighted by Crippen LogP contribution is 2.25. The topological polar surface area (TPSA) is 79.7 Å². The molecule has 0 aliphatic carbocycles. The van der Waals surface area contributed by atoms with E-state index in [4.69, 9.17) is 9.84 Å². The van der Waals surface area contributed by atoms with Gasteiger partial charge in [0.05, 0.1) is 13.2 Å². The van der Waals surface area contributed by atoms with Gasteiger partial charge in [-0.25, -0.2) is 9.78 Å². The van der Waals surface area contributed by atoms with E-state index in [1.165, 1.54) is 16.2 Å². The Kier molecular flexibility index (Phi) is 4.40. The largest absolute Gasteiger partial charge is 0.479 e. The first kappa shape index (κ1) is 15.6. The number of ether oxygens (including phenoxy) is 1. The molecule has 6 nitrogen and oxygen atoms in total. The van der Waals surface area contributed by atoms with Gasteiger partial charge in [-0.15, -0.1) is 11.3 Å². The molecule has 7 heteroatoms. The molecule has 0 bridgehead atoms. The van der Waals surface area contributed by atoms with Crippen molar-refractivity contribution < 1.29 is 19.4 Å². The third kappa shape index (κ3) is 3.40. The molecule has 1 amide bonds. The molecule has 23 heavy (non-hydrogen) atoms. The van der Waals surface area contributed by atoms with Crippen molar-refractivity contribution in [3.63, 3.8) is 0 Å². The Bertz CT molecular complexity index is 743. The Morgan fingerprint density at radius 2 is 2.26 bits per heavy atom. The van der Waals surface area contributed by atoms with Crippen molar-refractivity contribution in [2.75, 3.05) is 19.7 Å². The summed E-state index contributed by atoms with van der Waals surface area (Å²) in [7, 11) is 0. The van der Waals surface area contributed by atoms with E-state index in [9.17, 15) is 9.59 Å². The van der Waals surface area contributed by atoms with E-state index in [-0.39, 0.29) is 19.1 Å². The van der Waals surface area contributed by atoms with Crippen LogP contribution >= 0.6 is 11.3 Å². The minimum absolute atomic E-state index is 0.0642. The number of hydrogen-bond donors (Lipinski definition) is 1. The van der Waals surface area contributed by atoms with Crippen molar-refractivity contribution in [3.05, 3.63) is 40.9 Å². The molecular formula is C16H16N2O4S. The second-order valence-electron chi connectivity index (χ2n) is 5.32. The summed E-state index contributed by atoms with van der Waals surface area (Å²) >= 11 is 1.53. The number of amides is 1. The van der Waals surface area contributed by atoms with E-state index in [1.54, 1.807) is 12.1 Å². The number of nitrogens with zero attached hydrogens (tertiary/aromatic N) is 2. The first-order valence-corrected chi connectivity index (χ1v) is 8.09. The maximum Gasteiger partial charge on any atom is 0.334 e. The van der Waals surface area contributed by atoms with Crippen LogP contribution in [-0.4, -0.2) is 52.7 Å². The van der Waals surface area contributed by atoms with Crippen LogP contribution in [0.1, 0.15) is 16.1 Å². The number of carboxylic acid groups (broad SMARTS) is 1. The van der Waals surface area contributed by atoms with E-state index in [2.05, 4.69) is 4.98 Å². The predicted molar refractivity (Wildman–Crippen MR) is 85.6 cm³/mol. The summed E-state index contributed by atoms with van der Waals surface area (Å²) in [5.41, 5.74) is 2.36. The van der Waals surface area contributed by atoms with Gasteiger partial charge < -0.3 is 14.7 Å². The summed E-state index contributed by atoms with van der Waals surface area (Å²) in [5, 5.41) is 11.9. The molecule has 2 aromatic rings. The number of carboxylic acids is 1. The molecule has 1 fully saturated rings. The van der Waals surface area contributed by atoms with Gasteiger partial charge in [-0.1, -0.05) is 12.1 Å². The van der Waals surface area contributed by atoms with Gasteiger partial charge in [0.25, 0.3) is 5.91 Å². The molecule has 1 atom stereocenters. The van der Waals surface area contributed by atoms with Crippen molar-refractivity contribution in [1.29, 1.82) is 0 Å². The van der Waals surface area contributed by atoms with Gasteiger partial charge in [-0.2, -0.15) is 0 Å². The number of carbonyl (C=O) groups excluding carboxylic acids is 1. The van der Waals surface area contributed by atoms with Crippen molar-refractivity contribution in [2.24, 2.45) is 0 Å². The number of thiazole rings is 1. The Balaban J connectivity index is 1.81. The average Bonchev–Trinajstić information content (AvgIpc) is 3.01. The fourth-order valence-electron chi connectivity index (χ4n) is 2.44. The zero-order valence-corrected chi connectivity index (χ0v) is 13.4. The lowest BCUT2D eigenvalue weighted by Crippen LogP contribution is -2.48. The van der Waals surface area contributed by atoms with E-state index in [0.29, 0.717) is 12.1 Å². The monoisotopic (exact) mass is 332 g/mol. The summed E-state index contributed by atoms with van der Waals surface area (Å²) in [6, 6.07) is 7.26. The van der Waals surface area contributed by atoms with Crippen molar-refractivity contribution in [3.8, 4) is 10.6 Å². The minimum atomic E-state index is -1.05. The summed E-state index contributed by atoms with van der Waals surface area (Å²) in [5.74, 6) is -1.23. The lowest BCUT2D eigenvalue weighted by Gasteiger charge is -2.31. The van der Waals surface area contributed by atoms with Gasteiger partial charge >= 0.3 is 5.97 Å². The van der Waals surface area contributed by atoms with Gasteiger partial charge in [0.15, 0.2) is 6.10 Å². The first-order valence-electron chi connectivity index (χ1n) is 7.21. The lowest BCUT2D eigenvalue weighted by molar-refractivity contribution is -0.154. The van der Waals surface area contributed by atoms with E-state index in [0.717, 1.165) is 16.3 Å². The van der Waals surface area contributed by atoms with Crippen molar-refractivity contribution in [1.82, 2.24) is 9.88 Å². The van der Waals surface area contributed by atoms with E-state index < -0.39 is 12.1 Å². The molecule has 1 aromatic carbocycles. The van der Waals surface area contributed by atoms with Crippen LogP contribution in [0, 0.1) is 6.92 Å². The molecule has 120 valence electrons. The lowest BCUT2D eigenvalue weighted by atomic mass is 10.1. The summed E-state index contributed by atoms with van der Waals surface area (Å²) in [6.45, 7) is 2.61. The van der Waals surface area contributed by atoms with Gasteiger partial charge in [0.2, 0.25) is 0 Å². The van der Waals surface area contributed by atoms with Crippen LogP contribution in [0.5, 0.6) is 0 Å². The quantitative estimate of drug-likeness (QED) is 0.930. The molecule has 0 saturated carbocycles. The number of aryl methyl sites for hydroxylation is 1. The molecular weight excluding hydrogens is 316 g/mol. The number of benzene rings is 1. The number of carbonyl (C=O) groups is 2. The summed E-state index contributed by atoms with van der Waals surface area (Å²) in [4.78, 5) is 29.6. The maximum atomic E-state index is 12.6. The molecule has 1 saturated heterocycles. The van der Waals surface area contributed by atoms with Crippen LogP contribution in [-0.2, 0) is 9.53 Å². The molecule has 2 heterocycles. The predicted octanol–water partition coefficient (Wildman–Crippen LogP) is 2.04. The van der Waals surface area contributed by atoms with Crippen LogP contribution in [0.25, 0.3) is 10.6 Å². The van der Waals surface area contributed by atoms with Gasteiger partial charge in [-0.3, -0.25) is 4.79 Å². The van der Waals surface area contributed by atoms with Crippen LogP contribution in [0.3, 0.4) is 0 Å². The first-order chi connectivity index (χ1) is 11.0. The highest BCUT2D eigenvalue weighted by molar-refractivity contribution is 7.13. The summed E-state index contributed by atoms with van der Waals surface area (Å²) in [6.07, 6.45) is -0.961. The number of rotatable bonds is 3. The number of aliphatic carboxylic acids is 1. The zero-order valence-electron chi connectivity index (χ0n) is 12.6. The highest BCUT2D eigenvalue weighted by Gasteiger charge is 2.29. The fraction of sp³-hybridized carbons (Fsp3) is 0.312. The van der Waals surface area contributed by atoms with Crippen LogP contribution in [0.15, 0.2) is 29.6 Å². The number of aromatic nitrogens is 1. The zero-order chi connectivity index (χ0) is 16.4. The van der Waals surface area contributed by atoms with E-state index >= 15 is 0 Å². The van der Waals surface area contributed by atoms with Crippen LogP contribution < -0.4 is 0 Å². The van der Waals surface area contributed by atoms with Crippen molar-refractivity contribution >= 4 is 23.2 Å². The minimum Gasteiger partial charge on any atom is -0.479 e. The van der Waals surface area contributed by atoms with Crippen molar-refractivity contribution in [2.45, 2.75) is 13.0 Å². The molecule has 0 unspecified atom stereocenters. The molecule has 1 aromatic heterocycles. The van der Waals surface area contributed by atoms with Gasteiger partial charge in [0.1, 0.15) is 5.01 Å². The summed E-state index contributed by atoms with van der Waals surface area (Å²) < 4.78 is 5.15. The molecule has 1 aliphatic heterocycles. The smallest absolute Gasteiger partial charge is 0.334 e. The molecule has 3 rings (SSSR count). The molecule has 1 aliphatic rings. The molecule has 0 spiro atoms. The third-order valence-corrected chi connectivity index (χ3v) is 4.61. The van der Waals surface area contributed by atoms with Crippen LogP contribution in [0.4, 0.5) is 0 Å². The third-order valence-electron chi connectivity index (χ3n) is 3.60. The fourth-order valence-corrected chi connectivity index (χ4v) is 3.23.